The predicted octanol–water partition coefficient (Wildman–Crippen LogP) is 2.79. The molecule has 0 aliphatic carbocycles. The lowest BCUT2D eigenvalue weighted by Crippen LogP contribution is -2.56. The van der Waals surface area contributed by atoms with Gasteiger partial charge in [-0.3, -0.25) is 14.4 Å². The fourth-order valence-electron chi connectivity index (χ4n) is 4.65. The fraction of sp³-hybridized carbons (Fsp3) is 0.467. The SMILES string of the molecule is CC[C@@H](C=O)NC(=O)[C@@H]1C[C@@H](OCc2ccccc2)CN1C(=O)[C@@H](NC(=O)C(OC)c1ccccc1)C(C)C. The number of hydrogen-bond donors (Lipinski definition) is 2. The summed E-state index contributed by atoms with van der Waals surface area (Å²) in [5.41, 5.74) is 1.65. The molecule has 1 heterocycles. The summed E-state index contributed by atoms with van der Waals surface area (Å²) < 4.78 is 11.5. The molecule has 1 fully saturated rings. The normalized spacial score (nSPS) is 19.3. The molecular formula is C30H39N3O6. The van der Waals surface area contributed by atoms with Gasteiger partial charge in [0.2, 0.25) is 11.8 Å². The molecule has 1 aliphatic rings. The van der Waals surface area contributed by atoms with Crippen LogP contribution in [0.3, 0.4) is 0 Å². The monoisotopic (exact) mass is 537 g/mol. The van der Waals surface area contributed by atoms with E-state index < -0.39 is 36.0 Å². The Hall–Kier alpha value is -3.56. The Balaban J connectivity index is 1.79. The number of ether oxygens (including phenoxy) is 2. The van der Waals surface area contributed by atoms with E-state index in [9.17, 15) is 19.2 Å². The highest BCUT2D eigenvalue weighted by atomic mass is 16.5. The molecular weight excluding hydrogens is 498 g/mol. The number of nitrogens with zero attached hydrogens (tertiary/aromatic N) is 1. The van der Waals surface area contributed by atoms with Crippen molar-refractivity contribution in [3.05, 3.63) is 71.8 Å². The molecule has 1 unspecified atom stereocenters. The topological polar surface area (TPSA) is 114 Å². The first-order chi connectivity index (χ1) is 18.8. The molecule has 3 amide bonds. The quantitative estimate of drug-likeness (QED) is 0.380. The summed E-state index contributed by atoms with van der Waals surface area (Å²) in [7, 11) is 1.44. The lowest BCUT2D eigenvalue weighted by molar-refractivity contribution is -0.144. The van der Waals surface area contributed by atoms with E-state index in [1.54, 1.807) is 19.1 Å². The first-order valence-corrected chi connectivity index (χ1v) is 13.4. The molecule has 0 spiro atoms. The van der Waals surface area contributed by atoms with Crippen LogP contribution in [0.2, 0.25) is 0 Å². The Kier molecular flexibility index (Phi) is 11.2. The lowest BCUT2D eigenvalue weighted by atomic mass is 10.0. The molecule has 1 saturated heterocycles. The second-order valence-electron chi connectivity index (χ2n) is 10.1. The van der Waals surface area contributed by atoms with E-state index in [1.165, 1.54) is 12.0 Å². The minimum Gasteiger partial charge on any atom is -0.372 e. The average Bonchev–Trinajstić information content (AvgIpc) is 3.39. The van der Waals surface area contributed by atoms with Crippen molar-refractivity contribution in [2.75, 3.05) is 13.7 Å². The van der Waals surface area contributed by atoms with E-state index in [1.807, 2.05) is 62.4 Å². The number of carbonyl (C=O) groups is 4. The Morgan fingerprint density at radius 2 is 1.67 bits per heavy atom. The van der Waals surface area contributed by atoms with Gasteiger partial charge in [-0.1, -0.05) is 81.4 Å². The molecule has 0 bridgehead atoms. The van der Waals surface area contributed by atoms with Crippen LogP contribution in [-0.4, -0.2) is 66.8 Å². The summed E-state index contributed by atoms with van der Waals surface area (Å²) in [6.45, 7) is 5.99. The zero-order chi connectivity index (χ0) is 28.4. The van der Waals surface area contributed by atoms with Crippen molar-refractivity contribution in [1.29, 1.82) is 0 Å². The fourth-order valence-corrected chi connectivity index (χ4v) is 4.65. The Labute approximate surface area is 230 Å². The molecule has 5 atom stereocenters. The van der Waals surface area contributed by atoms with Gasteiger partial charge < -0.3 is 29.8 Å². The van der Waals surface area contributed by atoms with Crippen LogP contribution in [0.5, 0.6) is 0 Å². The van der Waals surface area contributed by atoms with Crippen LogP contribution in [-0.2, 0) is 35.3 Å². The number of likely N-dealkylation sites (tertiary alicyclic amines) is 1. The van der Waals surface area contributed by atoms with Crippen LogP contribution in [0.4, 0.5) is 0 Å². The largest absolute Gasteiger partial charge is 0.372 e. The van der Waals surface area contributed by atoms with Crippen molar-refractivity contribution < 1.29 is 28.7 Å². The van der Waals surface area contributed by atoms with Crippen molar-refractivity contribution in [2.45, 2.75) is 70.6 Å². The minimum absolute atomic E-state index is 0.188. The standard InChI is InChI=1S/C30H39N3O6/c1-5-23(18-34)31-28(35)25-16-24(39-19-21-12-8-6-9-13-21)17-33(25)30(37)26(20(2)3)32-29(36)27(38-4)22-14-10-7-11-15-22/h6-15,18,20,23-27H,5,16-17,19H2,1-4H3,(H,31,35)(H,32,36)/t23-,24+,25-,26-,27?/m0/s1. The van der Waals surface area contributed by atoms with E-state index in [2.05, 4.69) is 10.6 Å². The van der Waals surface area contributed by atoms with Gasteiger partial charge in [0.15, 0.2) is 6.10 Å². The van der Waals surface area contributed by atoms with E-state index in [4.69, 9.17) is 9.47 Å². The maximum absolute atomic E-state index is 13.9. The maximum atomic E-state index is 13.9. The molecule has 3 rings (SSSR count). The lowest BCUT2D eigenvalue weighted by Gasteiger charge is -2.31. The highest BCUT2D eigenvalue weighted by Gasteiger charge is 2.43. The van der Waals surface area contributed by atoms with Crippen LogP contribution >= 0.6 is 0 Å². The molecule has 1 aliphatic heterocycles. The maximum Gasteiger partial charge on any atom is 0.254 e. The third-order valence-corrected chi connectivity index (χ3v) is 6.92. The van der Waals surface area contributed by atoms with Crippen molar-refractivity contribution in [1.82, 2.24) is 15.5 Å². The Bertz CT molecular complexity index is 1090. The molecule has 2 aromatic carbocycles. The molecule has 9 nitrogen and oxygen atoms in total. The first kappa shape index (κ1) is 30.0. The number of aldehydes is 1. The second kappa shape index (κ2) is 14.6. The molecule has 2 N–H and O–H groups in total. The van der Waals surface area contributed by atoms with Crippen LogP contribution < -0.4 is 10.6 Å². The van der Waals surface area contributed by atoms with Crippen molar-refractivity contribution >= 4 is 24.0 Å². The number of methoxy groups -OCH3 is 1. The second-order valence-corrected chi connectivity index (χ2v) is 10.1. The van der Waals surface area contributed by atoms with Crippen molar-refractivity contribution in [3.63, 3.8) is 0 Å². The van der Waals surface area contributed by atoms with E-state index in [0.717, 1.165) is 5.56 Å². The zero-order valence-corrected chi connectivity index (χ0v) is 23.0. The van der Waals surface area contributed by atoms with E-state index in [0.29, 0.717) is 24.9 Å². The van der Waals surface area contributed by atoms with Crippen LogP contribution in [0.1, 0.15) is 50.8 Å². The van der Waals surface area contributed by atoms with Crippen LogP contribution in [0.25, 0.3) is 0 Å². The Morgan fingerprint density at radius 1 is 1.03 bits per heavy atom. The van der Waals surface area contributed by atoms with Gasteiger partial charge in [0.1, 0.15) is 18.4 Å². The molecule has 39 heavy (non-hydrogen) atoms. The summed E-state index contributed by atoms with van der Waals surface area (Å²) in [4.78, 5) is 53.2. The number of carbonyl (C=O) groups excluding carboxylic acids is 4. The van der Waals surface area contributed by atoms with Gasteiger partial charge in [0.25, 0.3) is 5.91 Å². The van der Waals surface area contributed by atoms with Gasteiger partial charge in [0, 0.05) is 20.1 Å². The highest BCUT2D eigenvalue weighted by Crippen LogP contribution is 2.25. The minimum atomic E-state index is -0.893. The van der Waals surface area contributed by atoms with Crippen molar-refractivity contribution in [2.24, 2.45) is 5.92 Å². The third kappa shape index (κ3) is 7.97. The Morgan fingerprint density at radius 3 is 2.23 bits per heavy atom. The van der Waals surface area contributed by atoms with Gasteiger partial charge >= 0.3 is 0 Å². The van der Waals surface area contributed by atoms with Gasteiger partial charge in [0.05, 0.1) is 18.8 Å². The predicted molar refractivity (Wildman–Crippen MR) is 146 cm³/mol. The van der Waals surface area contributed by atoms with Crippen LogP contribution in [0.15, 0.2) is 60.7 Å². The van der Waals surface area contributed by atoms with Crippen molar-refractivity contribution in [3.8, 4) is 0 Å². The summed E-state index contributed by atoms with van der Waals surface area (Å²) in [6.07, 6.45) is 0.127. The summed E-state index contributed by atoms with van der Waals surface area (Å²) in [6, 6.07) is 16.3. The van der Waals surface area contributed by atoms with Crippen LogP contribution in [0, 0.1) is 5.92 Å². The van der Waals surface area contributed by atoms with Gasteiger partial charge in [-0.15, -0.1) is 0 Å². The number of benzene rings is 2. The molecule has 210 valence electrons. The van der Waals surface area contributed by atoms with Gasteiger partial charge in [-0.05, 0) is 23.5 Å². The smallest absolute Gasteiger partial charge is 0.254 e. The van der Waals surface area contributed by atoms with E-state index in [-0.39, 0.29) is 30.9 Å². The third-order valence-electron chi connectivity index (χ3n) is 6.92. The number of rotatable bonds is 13. The van der Waals surface area contributed by atoms with E-state index >= 15 is 0 Å². The molecule has 2 aromatic rings. The van der Waals surface area contributed by atoms with Gasteiger partial charge in [-0.25, -0.2) is 0 Å². The molecule has 9 heteroatoms. The number of nitrogens with one attached hydrogen (secondary N) is 2. The summed E-state index contributed by atoms with van der Waals surface area (Å²) in [5, 5.41) is 5.59. The first-order valence-electron chi connectivity index (χ1n) is 13.4. The summed E-state index contributed by atoms with van der Waals surface area (Å²) >= 11 is 0. The highest BCUT2D eigenvalue weighted by molar-refractivity contribution is 5.94. The zero-order valence-electron chi connectivity index (χ0n) is 23.0. The van der Waals surface area contributed by atoms with Gasteiger partial charge in [-0.2, -0.15) is 0 Å². The molecule has 0 saturated carbocycles. The molecule has 0 radical (unpaired) electrons. The number of hydrogen-bond acceptors (Lipinski definition) is 6. The number of amides is 3. The average molecular weight is 538 g/mol. The summed E-state index contributed by atoms with van der Waals surface area (Å²) in [5.74, 6) is -1.51. The molecule has 0 aromatic heterocycles.